The molecule has 0 bridgehead atoms. The van der Waals surface area contributed by atoms with Crippen molar-refractivity contribution in [3.63, 3.8) is 0 Å². The molecular weight excluding hydrogens is 1230 g/mol. The molecule has 16 rings (SSSR count). The molecule has 101 heavy (non-hydrogen) atoms. The Balaban J connectivity index is 0.870. The van der Waals surface area contributed by atoms with Crippen molar-refractivity contribution >= 4 is 82.9 Å². The largest absolute Gasteiger partial charge is 0.456 e. The highest BCUT2D eigenvalue weighted by atomic mass is 16.3. The molecule has 3 heterocycles. The van der Waals surface area contributed by atoms with Gasteiger partial charge in [-0.05, 0) is 189 Å². The molecule has 3 aliphatic carbocycles. The second-order valence-electron chi connectivity index (χ2n) is 31.4. The SMILES string of the molecule is CCCCCCCCC1(CCCCCCCC)c2cc(N(c3ccccc3)c3ccc4c(c3)C(C)(C)c3cc(-c5ccc6c(c5)oc5ccccc56)c5oc6ccccc6c5c3-4)ccc2-c2cc3c(cc21)-c1c(ccc2oc4ccccc4c12)C3(CCCCCCCC)CCCCCCCC. The number of hydrogen-bond acceptors (Lipinski definition) is 4. The van der Waals surface area contributed by atoms with E-state index in [1.165, 1.54) is 250 Å². The van der Waals surface area contributed by atoms with E-state index in [0.29, 0.717) is 0 Å². The smallest absolute Gasteiger partial charge is 0.143 e. The van der Waals surface area contributed by atoms with Gasteiger partial charge in [0.05, 0.1) is 0 Å². The molecule has 0 amide bonds. The molecule has 3 aromatic heterocycles. The highest BCUT2D eigenvalue weighted by Gasteiger charge is 2.49. The molecule has 13 aromatic rings. The highest BCUT2D eigenvalue weighted by Crippen LogP contribution is 2.64. The third kappa shape index (κ3) is 11.8. The maximum Gasteiger partial charge on any atom is 0.143 e. The lowest BCUT2D eigenvalue weighted by Crippen LogP contribution is -2.27. The van der Waals surface area contributed by atoms with Crippen LogP contribution in [0.3, 0.4) is 0 Å². The van der Waals surface area contributed by atoms with Crippen molar-refractivity contribution in [1.82, 2.24) is 0 Å². The lowest BCUT2D eigenvalue weighted by atomic mass is 9.68. The van der Waals surface area contributed by atoms with Gasteiger partial charge in [0, 0.05) is 71.2 Å². The Morgan fingerprint density at radius 3 is 1.34 bits per heavy atom. The molecule has 0 N–H and O–H groups in total. The predicted molar refractivity (Wildman–Crippen MR) is 430 cm³/mol. The van der Waals surface area contributed by atoms with Gasteiger partial charge < -0.3 is 18.2 Å². The van der Waals surface area contributed by atoms with E-state index in [0.717, 1.165) is 73.6 Å². The van der Waals surface area contributed by atoms with E-state index in [-0.39, 0.29) is 16.2 Å². The molecule has 3 aliphatic rings. The minimum atomic E-state index is -0.358. The molecule has 0 saturated heterocycles. The van der Waals surface area contributed by atoms with Gasteiger partial charge in [0.15, 0.2) is 0 Å². The van der Waals surface area contributed by atoms with Crippen molar-refractivity contribution < 1.29 is 13.3 Å². The lowest BCUT2D eigenvalue weighted by molar-refractivity contribution is 0.394. The molecule has 0 aliphatic heterocycles. The van der Waals surface area contributed by atoms with E-state index in [9.17, 15) is 0 Å². The Labute approximate surface area is 600 Å². The van der Waals surface area contributed by atoms with Crippen LogP contribution in [-0.4, -0.2) is 0 Å². The average Bonchev–Trinajstić information content (AvgIpc) is 1.53. The third-order valence-corrected chi connectivity index (χ3v) is 24.6. The summed E-state index contributed by atoms with van der Waals surface area (Å²) in [7, 11) is 0. The minimum absolute atomic E-state index is 0.0986. The van der Waals surface area contributed by atoms with Gasteiger partial charge in [-0.15, -0.1) is 0 Å². The zero-order chi connectivity index (χ0) is 68.7. The number of para-hydroxylation sites is 4. The number of benzene rings is 10. The van der Waals surface area contributed by atoms with Crippen LogP contribution in [0.1, 0.15) is 255 Å². The first-order valence-corrected chi connectivity index (χ1v) is 39.9. The van der Waals surface area contributed by atoms with Crippen molar-refractivity contribution in [3.05, 3.63) is 221 Å². The van der Waals surface area contributed by atoms with E-state index in [1.54, 1.807) is 16.7 Å². The monoisotopic (exact) mass is 1330 g/mol. The predicted octanol–water partition coefficient (Wildman–Crippen LogP) is 30.4. The summed E-state index contributed by atoms with van der Waals surface area (Å²) in [5.74, 6) is 0. The number of nitrogens with zero attached hydrogens (tertiary/aromatic N) is 1. The number of fused-ring (bicyclic) bond motifs is 20. The fourth-order valence-corrected chi connectivity index (χ4v) is 19.4. The van der Waals surface area contributed by atoms with E-state index in [2.05, 4.69) is 234 Å². The zero-order valence-electron chi connectivity index (χ0n) is 61.4. The summed E-state index contributed by atoms with van der Waals surface area (Å²) < 4.78 is 20.5. The van der Waals surface area contributed by atoms with Gasteiger partial charge in [0.1, 0.15) is 33.5 Å². The van der Waals surface area contributed by atoms with Crippen molar-refractivity contribution in [2.75, 3.05) is 4.90 Å². The molecule has 516 valence electrons. The Bertz CT molecular complexity index is 5110. The third-order valence-electron chi connectivity index (χ3n) is 24.6. The first-order valence-electron chi connectivity index (χ1n) is 39.9. The van der Waals surface area contributed by atoms with Crippen molar-refractivity contribution in [3.8, 4) is 44.5 Å². The fraction of sp³-hybridized carbons (Fsp3) is 0.381. The van der Waals surface area contributed by atoms with E-state index in [1.807, 2.05) is 0 Å². The van der Waals surface area contributed by atoms with E-state index < -0.39 is 0 Å². The molecule has 0 radical (unpaired) electrons. The molecule has 0 saturated carbocycles. The summed E-state index contributed by atoms with van der Waals surface area (Å²) in [5.41, 5.74) is 28.1. The summed E-state index contributed by atoms with van der Waals surface area (Å²) in [6.07, 6.45) is 35.5. The fourth-order valence-electron chi connectivity index (χ4n) is 19.4. The van der Waals surface area contributed by atoms with Crippen LogP contribution in [0.4, 0.5) is 17.1 Å². The Morgan fingerprint density at radius 1 is 0.277 bits per heavy atom. The average molecular weight is 1330 g/mol. The Hall–Kier alpha value is -8.60. The second-order valence-corrected chi connectivity index (χ2v) is 31.4. The maximum absolute atomic E-state index is 7.06. The number of rotatable bonds is 32. The van der Waals surface area contributed by atoms with Crippen LogP contribution < -0.4 is 4.90 Å². The number of hydrogen-bond donors (Lipinski definition) is 0. The first-order chi connectivity index (χ1) is 49.7. The molecule has 0 fully saturated rings. The summed E-state index contributed by atoms with van der Waals surface area (Å²) in [6.45, 7) is 14.3. The summed E-state index contributed by atoms with van der Waals surface area (Å²) >= 11 is 0. The standard InChI is InChI=1S/C97H105NO3/c1-7-11-15-19-23-36-56-96(57-37-24-20-16-12-8-2)79-54-55-88-92(74-43-31-34-46-86(74)99-88)91(79)78-65-82-77(64-83(78)96)70-52-49-69(62-81(70)97(82,58-38-25-21-17-13-9-3)59-39-26-22-18-14-10-4)98(67-40-28-27-29-41-67)68-50-53-73-80(61-68)95(5,6)84-63-76(94-93(90(73)84)75-44-32-35-47-87(75)101-94)66-48-51-72-71-42-30-33-45-85(71)100-89(72)60-66/h27-35,40-55,60-65H,7-26,36-39,56-59H2,1-6H3. The zero-order valence-corrected chi connectivity index (χ0v) is 61.4. The summed E-state index contributed by atoms with van der Waals surface area (Å²) in [4.78, 5) is 2.60. The van der Waals surface area contributed by atoms with Gasteiger partial charge >= 0.3 is 0 Å². The van der Waals surface area contributed by atoms with Crippen molar-refractivity contribution in [2.24, 2.45) is 0 Å². The van der Waals surface area contributed by atoms with Gasteiger partial charge in [-0.2, -0.15) is 0 Å². The highest BCUT2D eigenvalue weighted by molar-refractivity contribution is 6.20. The molecule has 0 spiro atoms. The molecule has 0 atom stereocenters. The van der Waals surface area contributed by atoms with Crippen molar-refractivity contribution in [2.45, 2.75) is 238 Å². The minimum Gasteiger partial charge on any atom is -0.456 e. The van der Waals surface area contributed by atoms with Gasteiger partial charge in [-0.3, -0.25) is 0 Å². The summed E-state index contributed by atoms with van der Waals surface area (Å²) in [6, 6.07) is 72.3. The molecule has 4 nitrogen and oxygen atoms in total. The normalized spacial score (nSPS) is 14.4. The molecule has 10 aromatic carbocycles. The topological polar surface area (TPSA) is 42.7 Å². The van der Waals surface area contributed by atoms with Crippen molar-refractivity contribution in [1.29, 1.82) is 0 Å². The molecular formula is C97H105NO3. The molecule has 0 unspecified atom stereocenters. The van der Waals surface area contributed by atoms with Crippen LogP contribution in [-0.2, 0) is 16.2 Å². The second kappa shape index (κ2) is 28.7. The van der Waals surface area contributed by atoms with Crippen LogP contribution in [0.2, 0.25) is 0 Å². The van der Waals surface area contributed by atoms with E-state index >= 15 is 0 Å². The maximum atomic E-state index is 7.06. The lowest BCUT2D eigenvalue weighted by Gasteiger charge is -2.35. The Morgan fingerprint density at radius 2 is 0.723 bits per heavy atom. The number of furan rings is 3. The quantitative estimate of drug-likeness (QED) is 0.0394. The van der Waals surface area contributed by atoms with Gasteiger partial charge in [-0.25, -0.2) is 0 Å². The van der Waals surface area contributed by atoms with Crippen LogP contribution in [0.15, 0.2) is 201 Å². The van der Waals surface area contributed by atoms with E-state index in [4.69, 9.17) is 13.3 Å². The molecule has 4 heteroatoms. The van der Waals surface area contributed by atoms with Gasteiger partial charge in [-0.1, -0.05) is 293 Å². The summed E-state index contributed by atoms with van der Waals surface area (Å²) in [5, 5.41) is 7.17. The first kappa shape index (κ1) is 66.9. The Kier molecular flexibility index (Phi) is 19.0. The van der Waals surface area contributed by atoms with Gasteiger partial charge in [0.25, 0.3) is 0 Å². The number of unbranched alkanes of at least 4 members (excludes halogenated alkanes) is 20. The van der Waals surface area contributed by atoms with Crippen LogP contribution >= 0.6 is 0 Å². The van der Waals surface area contributed by atoms with Crippen LogP contribution in [0.25, 0.3) is 110 Å². The number of anilines is 3. The van der Waals surface area contributed by atoms with Crippen LogP contribution in [0.5, 0.6) is 0 Å². The van der Waals surface area contributed by atoms with Crippen LogP contribution in [0, 0.1) is 0 Å². The van der Waals surface area contributed by atoms with Gasteiger partial charge in [0.2, 0.25) is 0 Å².